The summed E-state index contributed by atoms with van der Waals surface area (Å²) in [6, 6.07) is 9.42. The maximum Gasteiger partial charge on any atom is 0.416 e. The number of hydrogen-bond donors (Lipinski definition) is 3. The normalized spacial score (nSPS) is 18.9. The standard InChI is InChI=1S/C31H24Cl2F3N7O6S/c32-16-1-4-22(20(13-16)27-37-23-12-15(31(34,35)36)11-21(33)26(23)39-27)40-50(48,49)42-9-7-41(8-10-42)17-2-3-18-19(14-17)30(47)43(29(18)46)24-5-6-25(44)38-28(24)45/h1-4,11-14,24,40H,5-10H2,(H,37,39)(H,38,44,45). The van der Waals surface area contributed by atoms with Gasteiger partial charge >= 0.3 is 16.4 Å². The molecule has 1 aromatic heterocycles. The van der Waals surface area contributed by atoms with Gasteiger partial charge in [0.05, 0.1) is 32.9 Å². The van der Waals surface area contributed by atoms with Crippen LogP contribution in [0.25, 0.3) is 22.4 Å². The zero-order valence-corrected chi connectivity index (χ0v) is 27.8. The molecule has 1 atom stereocenters. The molecule has 3 aromatic carbocycles. The Morgan fingerprint density at radius 3 is 2.30 bits per heavy atom. The van der Waals surface area contributed by atoms with Gasteiger partial charge < -0.3 is 9.88 Å². The second kappa shape index (κ2) is 12.3. The van der Waals surface area contributed by atoms with Crippen molar-refractivity contribution < 1.29 is 40.8 Å². The Labute approximate surface area is 291 Å². The highest BCUT2D eigenvalue weighted by atomic mass is 35.5. The molecule has 19 heteroatoms. The highest BCUT2D eigenvalue weighted by molar-refractivity contribution is 7.90. The van der Waals surface area contributed by atoms with E-state index in [2.05, 4.69) is 20.0 Å². The van der Waals surface area contributed by atoms with E-state index < -0.39 is 51.6 Å². The molecule has 13 nitrogen and oxygen atoms in total. The van der Waals surface area contributed by atoms with E-state index in [4.69, 9.17) is 23.2 Å². The van der Waals surface area contributed by atoms with Crippen LogP contribution in [0.15, 0.2) is 48.5 Å². The number of aromatic nitrogens is 2. The SMILES string of the molecule is O=C1CCC(N2C(=O)c3ccc(N4CCN(S(=O)(=O)Nc5ccc(Cl)cc5-c5nc6c(Cl)cc(C(F)(F)F)cc6[nH]5)CC4)cc3C2=O)C(=O)N1. The van der Waals surface area contributed by atoms with Crippen LogP contribution in [0.2, 0.25) is 10.0 Å². The topological polar surface area (TPSA) is 165 Å². The van der Waals surface area contributed by atoms with Gasteiger partial charge in [-0.2, -0.15) is 25.9 Å². The van der Waals surface area contributed by atoms with E-state index in [9.17, 15) is 40.8 Å². The van der Waals surface area contributed by atoms with E-state index in [1.807, 2.05) is 4.90 Å². The van der Waals surface area contributed by atoms with Crippen LogP contribution in [-0.2, 0) is 26.0 Å². The molecule has 1 unspecified atom stereocenters. The van der Waals surface area contributed by atoms with Gasteiger partial charge in [-0.15, -0.1) is 0 Å². The van der Waals surface area contributed by atoms with E-state index in [1.54, 1.807) is 6.07 Å². The first-order valence-corrected chi connectivity index (χ1v) is 17.2. The average molecular weight is 751 g/mol. The first-order chi connectivity index (χ1) is 23.6. The number of imide groups is 2. The largest absolute Gasteiger partial charge is 0.416 e. The third-order valence-corrected chi connectivity index (χ3v) is 10.8. The molecule has 2 saturated heterocycles. The van der Waals surface area contributed by atoms with Gasteiger partial charge in [0.2, 0.25) is 11.8 Å². The zero-order valence-electron chi connectivity index (χ0n) is 25.5. The molecule has 0 bridgehead atoms. The zero-order chi connectivity index (χ0) is 35.7. The lowest BCUT2D eigenvalue weighted by molar-refractivity contribution is -0.138. The van der Waals surface area contributed by atoms with Gasteiger partial charge in [0, 0.05) is 48.9 Å². The smallest absolute Gasteiger partial charge is 0.369 e. The quantitative estimate of drug-likeness (QED) is 0.244. The van der Waals surface area contributed by atoms with Crippen LogP contribution in [0, 0.1) is 0 Å². The van der Waals surface area contributed by atoms with Gasteiger partial charge in [-0.05, 0) is 55.0 Å². The fraction of sp³-hybridized carbons (Fsp3) is 0.258. The van der Waals surface area contributed by atoms with Gasteiger partial charge in [-0.3, -0.25) is 34.1 Å². The molecule has 4 heterocycles. The Morgan fingerprint density at radius 1 is 0.880 bits per heavy atom. The number of piperidine rings is 1. The number of carbonyl (C=O) groups is 4. The molecule has 3 N–H and O–H groups in total. The molecular weight excluding hydrogens is 726 g/mol. The molecule has 260 valence electrons. The van der Waals surface area contributed by atoms with Crippen molar-refractivity contribution >= 4 is 79.4 Å². The number of halogens is 5. The van der Waals surface area contributed by atoms with Crippen molar-refractivity contribution in [1.82, 2.24) is 24.5 Å². The summed E-state index contributed by atoms with van der Waals surface area (Å²) in [7, 11) is -4.17. The van der Waals surface area contributed by atoms with E-state index >= 15 is 0 Å². The number of H-pyrrole nitrogens is 1. The minimum Gasteiger partial charge on any atom is -0.369 e. The second-order valence-electron chi connectivity index (χ2n) is 11.8. The predicted molar refractivity (Wildman–Crippen MR) is 176 cm³/mol. The number of carbonyl (C=O) groups excluding carboxylic acids is 4. The summed E-state index contributed by atoms with van der Waals surface area (Å²) in [4.78, 5) is 60.1. The number of imidazole rings is 1. The molecule has 2 fully saturated rings. The van der Waals surface area contributed by atoms with Gasteiger partial charge in [-0.1, -0.05) is 23.2 Å². The molecule has 0 spiro atoms. The van der Waals surface area contributed by atoms with Crippen LogP contribution < -0.4 is 14.9 Å². The molecule has 7 rings (SSSR count). The molecule has 0 radical (unpaired) electrons. The fourth-order valence-corrected chi connectivity index (χ4v) is 7.88. The van der Waals surface area contributed by atoms with Crippen LogP contribution in [0.5, 0.6) is 0 Å². The first-order valence-electron chi connectivity index (χ1n) is 15.1. The van der Waals surface area contributed by atoms with Crippen molar-refractivity contribution in [1.29, 1.82) is 0 Å². The number of fused-ring (bicyclic) bond motifs is 2. The molecule has 4 aromatic rings. The van der Waals surface area contributed by atoms with E-state index in [0.717, 1.165) is 17.0 Å². The fourth-order valence-electron chi connectivity index (χ4n) is 6.21. The van der Waals surface area contributed by atoms with E-state index in [0.29, 0.717) is 5.69 Å². The van der Waals surface area contributed by atoms with Crippen LogP contribution in [-0.4, -0.2) is 83.4 Å². The Hall–Kier alpha value is -4.71. The predicted octanol–water partition coefficient (Wildman–Crippen LogP) is 4.44. The summed E-state index contributed by atoms with van der Waals surface area (Å²) in [5, 5.41) is 2.13. The van der Waals surface area contributed by atoms with E-state index in [-0.39, 0.29) is 88.3 Å². The minimum atomic E-state index is -4.65. The van der Waals surface area contributed by atoms with Crippen molar-refractivity contribution in [2.24, 2.45) is 0 Å². The van der Waals surface area contributed by atoms with Gasteiger partial charge in [0.15, 0.2) is 0 Å². The minimum absolute atomic E-state index is 0.00264. The van der Waals surface area contributed by atoms with Crippen molar-refractivity contribution in [2.75, 3.05) is 35.8 Å². The van der Waals surface area contributed by atoms with Crippen molar-refractivity contribution in [3.05, 3.63) is 75.3 Å². The van der Waals surface area contributed by atoms with Crippen LogP contribution in [0.4, 0.5) is 24.5 Å². The number of nitrogens with zero attached hydrogens (tertiary/aromatic N) is 4. The summed E-state index contributed by atoms with van der Waals surface area (Å²) in [6.45, 7) is 0.502. The van der Waals surface area contributed by atoms with Gasteiger partial charge in [-0.25, -0.2) is 4.98 Å². The molecule has 3 aliphatic heterocycles. The Kier molecular flexibility index (Phi) is 8.28. The number of benzene rings is 3. The molecule has 0 aliphatic carbocycles. The number of anilines is 2. The Morgan fingerprint density at radius 2 is 1.60 bits per heavy atom. The van der Waals surface area contributed by atoms with E-state index in [1.165, 1.54) is 34.6 Å². The number of amides is 4. The third-order valence-electron chi connectivity index (χ3n) is 8.71. The second-order valence-corrected chi connectivity index (χ2v) is 14.3. The Balaban J connectivity index is 1.07. The lowest BCUT2D eigenvalue weighted by Gasteiger charge is -2.35. The number of rotatable bonds is 6. The molecule has 50 heavy (non-hydrogen) atoms. The number of nitrogens with one attached hydrogen (secondary N) is 3. The molecule has 4 amide bonds. The number of piperazine rings is 1. The van der Waals surface area contributed by atoms with Crippen LogP contribution in [0.3, 0.4) is 0 Å². The summed E-state index contributed by atoms with van der Waals surface area (Å²) in [5.74, 6) is -2.44. The summed E-state index contributed by atoms with van der Waals surface area (Å²) in [5.41, 5.74) is 0.0928. The maximum atomic E-state index is 13.6. The molecule has 3 aliphatic rings. The first kappa shape index (κ1) is 33.8. The summed E-state index contributed by atoms with van der Waals surface area (Å²) in [6.07, 6.45) is -4.63. The van der Waals surface area contributed by atoms with Crippen molar-refractivity contribution in [3.8, 4) is 11.4 Å². The lowest BCUT2D eigenvalue weighted by atomic mass is 10.0. The van der Waals surface area contributed by atoms with Gasteiger partial charge in [0.1, 0.15) is 17.4 Å². The summed E-state index contributed by atoms with van der Waals surface area (Å²) < 4.78 is 70.9. The Bertz CT molecular complexity index is 2240. The number of aromatic amines is 1. The highest BCUT2D eigenvalue weighted by Crippen LogP contribution is 2.38. The summed E-state index contributed by atoms with van der Waals surface area (Å²) >= 11 is 12.3. The lowest BCUT2D eigenvalue weighted by Crippen LogP contribution is -2.54. The molecular formula is C31H24Cl2F3N7O6S. The van der Waals surface area contributed by atoms with Crippen molar-refractivity contribution in [3.63, 3.8) is 0 Å². The van der Waals surface area contributed by atoms with Crippen LogP contribution >= 0.6 is 23.2 Å². The monoisotopic (exact) mass is 749 g/mol. The molecule has 0 saturated carbocycles. The van der Waals surface area contributed by atoms with Crippen LogP contribution in [0.1, 0.15) is 39.1 Å². The van der Waals surface area contributed by atoms with Crippen molar-refractivity contribution in [2.45, 2.75) is 25.1 Å². The average Bonchev–Trinajstić information content (AvgIpc) is 3.60. The maximum absolute atomic E-state index is 13.6. The third kappa shape index (κ3) is 6.03. The number of alkyl halides is 3. The highest BCUT2D eigenvalue weighted by Gasteiger charge is 2.45. The van der Waals surface area contributed by atoms with Gasteiger partial charge in [0.25, 0.3) is 11.8 Å². The number of hydrogen-bond acceptors (Lipinski definition) is 8.